The van der Waals surface area contributed by atoms with Gasteiger partial charge in [-0.3, -0.25) is 14.2 Å². The zero-order valence-corrected chi connectivity index (χ0v) is 18.5. The summed E-state index contributed by atoms with van der Waals surface area (Å²) in [4.78, 5) is 31.8. The second-order valence-electron chi connectivity index (χ2n) is 7.43. The van der Waals surface area contributed by atoms with E-state index in [9.17, 15) is 14.9 Å². The predicted octanol–water partition coefficient (Wildman–Crippen LogP) is 3.80. The van der Waals surface area contributed by atoms with Crippen molar-refractivity contribution in [2.75, 3.05) is 5.75 Å². The zero-order valence-electron chi connectivity index (χ0n) is 16.8. The molecule has 0 aliphatic rings. The van der Waals surface area contributed by atoms with Gasteiger partial charge in [0.1, 0.15) is 10.4 Å². The van der Waals surface area contributed by atoms with Crippen LogP contribution in [0.3, 0.4) is 0 Å². The van der Waals surface area contributed by atoms with Crippen LogP contribution in [0.5, 0.6) is 0 Å². The summed E-state index contributed by atoms with van der Waals surface area (Å²) in [5.74, 6) is -0.171. The molecular formula is C19H26N4O2S2. The number of amides is 1. The minimum Gasteiger partial charge on any atom is -0.337 e. The number of aryl methyl sites for hydroxylation is 2. The Labute approximate surface area is 168 Å². The molecule has 0 fully saturated rings. The Balaban J connectivity index is 2.34. The molecule has 0 saturated carbocycles. The van der Waals surface area contributed by atoms with Gasteiger partial charge >= 0.3 is 0 Å². The smallest absolute Gasteiger partial charge is 0.263 e. The van der Waals surface area contributed by atoms with Crippen LogP contribution in [-0.2, 0) is 4.79 Å². The van der Waals surface area contributed by atoms with Crippen LogP contribution in [0.25, 0.3) is 10.2 Å². The van der Waals surface area contributed by atoms with Gasteiger partial charge in [0.05, 0.1) is 17.2 Å². The van der Waals surface area contributed by atoms with E-state index in [1.807, 2.05) is 41.5 Å². The fourth-order valence-electron chi connectivity index (χ4n) is 2.60. The van der Waals surface area contributed by atoms with Crippen LogP contribution in [0.2, 0.25) is 0 Å². The van der Waals surface area contributed by atoms with E-state index < -0.39 is 5.54 Å². The summed E-state index contributed by atoms with van der Waals surface area (Å²) >= 11 is 2.73. The summed E-state index contributed by atoms with van der Waals surface area (Å²) < 4.78 is 1.64. The standard InChI is InChI=1S/C19H26N4O2S2/c1-10(2)19(7,9-20)22-14(24)8-26-18-21-16-15(12(5)13(6)27-16)17(25)23(18)11(3)4/h10-11H,8H2,1-7H3,(H,22,24)/t19-/m1/s1. The highest BCUT2D eigenvalue weighted by Crippen LogP contribution is 2.29. The average molecular weight is 407 g/mol. The highest BCUT2D eigenvalue weighted by Gasteiger charge is 2.30. The van der Waals surface area contributed by atoms with E-state index in [-0.39, 0.29) is 29.2 Å². The van der Waals surface area contributed by atoms with Gasteiger partial charge in [-0.1, -0.05) is 25.6 Å². The molecule has 8 heteroatoms. The van der Waals surface area contributed by atoms with E-state index in [2.05, 4.69) is 16.4 Å². The second-order valence-corrected chi connectivity index (χ2v) is 9.58. The van der Waals surface area contributed by atoms with E-state index in [1.165, 1.54) is 23.1 Å². The summed E-state index contributed by atoms with van der Waals surface area (Å²) in [6.07, 6.45) is 0. The molecule has 2 rings (SSSR count). The maximum absolute atomic E-state index is 13.0. The summed E-state index contributed by atoms with van der Waals surface area (Å²) in [5, 5.41) is 13.3. The van der Waals surface area contributed by atoms with Gasteiger partial charge in [0.2, 0.25) is 5.91 Å². The number of thioether (sulfide) groups is 1. The van der Waals surface area contributed by atoms with Crippen LogP contribution in [0.4, 0.5) is 0 Å². The van der Waals surface area contributed by atoms with Gasteiger partial charge in [0.25, 0.3) is 5.56 Å². The average Bonchev–Trinajstić information content (AvgIpc) is 2.86. The van der Waals surface area contributed by atoms with Crippen LogP contribution in [0, 0.1) is 31.1 Å². The summed E-state index contributed by atoms with van der Waals surface area (Å²) in [7, 11) is 0. The molecule has 0 aliphatic heterocycles. The number of fused-ring (bicyclic) bond motifs is 1. The normalized spacial score (nSPS) is 13.8. The Morgan fingerprint density at radius 2 is 2.00 bits per heavy atom. The lowest BCUT2D eigenvalue weighted by molar-refractivity contribution is -0.120. The molecule has 0 aliphatic carbocycles. The number of thiophene rings is 1. The molecule has 146 valence electrons. The van der Waals surface area contributed by atoms with Crippen molar-refractivity contribution in [1.29, 1.82) is 5.26 Å². The van der Waals surface area contributed by atoms with E-state index in [4.69, 9.17) is 0 Å². The van der Waals surface area contributed by atoms with Gasteiger partial charge in [-0.15, -0.1) is 11.3 Å². The maximum Gasteiger partial charge on any atom is 0.263 e. The molecule has 2 aromatic rings. The van der Waals surface area contributed by atoms with Crippen LogP contribution < -0.4 is 10.9 Å². The number of carbonyl (C=O) groups excluding carboxylic acids is 1. The van der Waals surface area contributed by atoms with Crippen molar-refractivity contribution in [3.05, 3.63) is 20.8 Å². The van der Waals surface area contributed by atoms with Gasteiger partial charge < -0.3 is 5.32 Å². The molecule has 1 amide bonds. The van der Waals surface area contributed by atoms with Crippen LogP contribution in [0.1, 0.15) is 51.1 Å². The van der Waals surface area contributed by atoms with Gasteiger partial charge in [-0.25, -0.2) is 4.98 Å². The Morgan fingerprint density at radius 1 is 1.37 bits per heavy atom. The lowest BCUT2D eigenvalue weighted by Crippen LogP contribution is -2.49. The van der Waals surface area contributed by atoms with Gasteiger partial charge in [-0.05, 0) is 46.1 Å². The number of hydrogen-bond donors (Lipinski definition) is 1. The van der Waals surface area contributed by atoms with Crippen molar-refractivity contribution < 1.29 is 4.79 Å². The minimum absolute atomic E-state index is 0.0168. The Hall–Kier alpha value is -1.85. The third-order valence-electron chi connectivity index (χ3n) is 4.84. The number of hydrogen-bond acceptors (Lipinski definition) is 6. The Bertz CT molecular complexity index is 969. The SMILES string of the molecule is Cc1sc2nc(SCC(=O)N[C@](C)(C#N)C(C)C)n(C(C)C)c(=O)c2c1C. The molecule has 6 nitrogen and oxygen atoms in total. The van der Waals surface area contributed by atoms with Crippen molar-refractivity contribution in [1.82, 2.24) is 14.9 Å². The van der Waals surface area contributed by atoms with Crippen molar-refractivity contribution in [2.45, 2.75) is 65.2 Å². The minimum atomic E-state index is -0.922. The number of nitrogens with one attached hydrogen (secondary N) is 1. The molecule has 2 heterocycles. The molecule has 0 radical (unpaired) electrons. The molecule has 0 saturated heterocycles. The molecule has 1 N–H and O–H groups in total. The lowest BCUT2D eigenvalue weighted by atomic mass is 9.90. The van der Waals surface area contributed by atoms with Gasteiger partial charge in [0, 0.05) is 10.9 Å². The monoisotopic (exact) mass is 406 g/mol. The third kappa shape index (κ3) is 4.19. The fraction of sp³-hybridized carbons (Fsp3) is 0.579. The first kappa shape index (κ1) is 21.5. The van der Waals surface area contributed by atoms with Crippen molar-refractivity contribution >= 4 is 39.2 Å². The molecule has 2 aromatic heterocycles. The molecule has 0 spiro atoms. The third-order valence-corrected chi connectivity index (χ3v) is 6.89. The lowest BCUT2D eigenvalue weighted by Gasteiger charge is -2.27. The predicted molar refractivity (Wildman–Crippen MR) is 111 cm³/mol. The molecule has 1 atom stereocenters. The van der Waals surface area contributed by atoms with Gasteiger partial charge in [-0.2, -0.15) is 5.26 Å². The van der Waals surface area contributed by atoms with E-state index >= 15 is 0 Å². The van der Waals surface area contributed by atoms with Crippen LogP contribution >= 0.6 is 23.1 Å². The fourth-order valence-corrected chi connectivity index (χ4v) is 4.60. The van der Waals surface area contributed by atoms with Crippen LogP contribution in [0.15, 0.2) is 9.95 Å². The molecule has 0 aromatic carbocycles. The first-order valence-electron chi connectivity index (χ1n) is 8.89. The summed E-state index contributed by atoms with van der Waals surface area (Å²) in [6, 6.07) is 2.10. The van der Waals surface area contributed by atoms with Crippen molar-refractivity contribution in [3.8, 4) is 6.07 Å². The largest absolute Gasteiger partial charge is 0.337 e. The van der Waals surface area contributed by atoms with E-state index in [0.717, 1.165) is 10.4 Å². The topological polar surface area (TPSA) is 87.8 Å². The number of nitriles is 1. The van der Waals surface area contributed by atoms with Crippen molar-refractivity contribution in [2.24, 2.45) is 5.92 Å². The Kier molecular flexibility index (Phi) is 6.38. The summed E-state index contributed by atoms with van der Waals surface area (Å²) in [6.45, 7) is 13.3. The quantitative estimate of drug-likeness (QED) is 0.582. The number of nitrogens with zero attached hydrogens (tertiary/aromatic N) is 3. The number of aromatic nitrogens is 2. The van der Waals surface area contributed by atoms with E-state index in [1.54, 1.807) is 11.5 Å². The number of rotatable bonds is 6. The highest BCUT2D eigenvalue weighted by molar-refractivity contribution is 7.99. The molecule has 0 unspecified atom stereocenters. The molecule has 27 heavy (non-hydrogen) atoms. The summed E-state index contributed by atoms with van der Waals surface area (Å²) in [5.41, 5.74) is -0.0175. The zero-order chi connectivity index (χ0) is 20.5. The second kappa shape index (κ2) is 8.03. The number of carbonyl (C=O) groups is 1. The molecular weight excluding hydrogens is 380 g/mol. The maximum atomic E-state index is 13.0. The first-order valence-corrected chi connectivity index (χ1v) is 10.7. The van der Waals surface area contributed by atoms with Gasteiger partial charge in [0.15, 0.2) is 5.16 Å². The highest BCUT2D eigenvalue weighted by atomic mass is 32.2. The Morgan fingerprint density at radius 3 is 2.52 bits per heavy atom. The van der Waals surface area contributed by atoms with Crippen molar-refractivity contribution in [3.63, 3.8) is 0 Å². The van der Waals surface area contributed by atoms with E-state index in [0.29, 0.717) is 15.4 Å². The first-order chi connectivity index (χ1) is 12.5. The van der Waals surface area contributed by atoms with Crippen LogP contribution in [-0.4, -0.2) is 26.8 Å². The molecule has 0 bridgehead atoms.